The average Bonchev–Trinajstić information content (AvgIpc) is 2.45. The lowest BCUT2D eigenvalue weighted by Crippen LogP contribution is -2.24. The van der Waals surface area contributed by atoms with Gasteiger partial charge in [0.25, 0.3) is 0 Å². The Morgan fingerprint density at radius 3 is 2.40 bits per heavy atom. The van der Waals surface area contributed by atoms with Crippen molar-refractivity contribution in [3.8, 4) is 12.3 Å². The van der Waals surface area contributed by atoms with Crippen LogP contribution in [0.4, 0.5) is 5.69 Å². The molecule has 0 aliphatic carbocycles. The van der Waals surface area contributed by atoms with Gasteiger partial charge in [0, 0.05) is 24.7 Å². The third kappa shape index (κ3) is 4.87. The molecule has 4 nitrogen and oxygen atoms in total. The van der Waals surface area contributed by atoms with Gasteiger partial charge in [0.05, 0.1) is 4.90 Å². The van der Waals surface area contributed by atoms with E-state index in [1.54, 1.807) is 24.3 Å². The highest BCUT2D eigenvalue weighted by molar-refractivity contribution is 7.89. The maximum atomic E-state index is 11.9. The average molecular weight is 294 g/mol. The first kappa shape index (κ1) is 16.5. The molecule has 1 aromatic carbocycles. The summed E-state index contributed by atoms with van der Waals surface area (Å²) in [6.45, 7) is 4.43. The lowest BCUT2D eigenvalue weighted by atomic mass is 10.1. The number of benzene rings is 1. The van der Waals surface area contributed by atoms with Crippen LogP contribution in [0.2, 0.25) is 0 Å². The van der Waals surface area contributed by atoms with E-state index in [9.17, 15) is 8.42 Å². The van der Waals surface area contributed by atoms with E-state index in [-0.39, 0.29) is 10.9 Å². The molecular formula is C15H22N2O2S. The van der Waals surface area contributed by atoms with Gasteiger partial charge in [0.2, 0.25) is 10.0 Å². The van der Waals surface area contributed by atoms with Crippen LogP contribution in [0.15, 0.2) is 29.2 Å². The van der Waals surface area contributed by atoms with E-state index in [0.717, 1.165) is 18.5 Å². The van der Waals surface area contributed by atoms with Gasteiger partial charge in [-0.1, -0.05) is 13.8 Å². The molecule has 20 heavy (non-hydrogen) atoms. The molecular weight excluding hydrogens is 272 g/mol. The predicted molar refractivity (Wildman–Crippen MR) is 83.1 cm³/mol. The number of hydrogen-bond acceptors (Lipinski definition) is 3. The number of terminal acetylenes is 1. The Balaban J connectivity index is 2.76. The molecule has 1 rings (SSSR count). The molecule has 0 aromatic heterocycles. The molecule has 0 aliphatic rings. The monoisotopic (exact) mass is 294 g/mol. The van der Waals surface area contributed by atoms with Crippen LogP contribution in [0.1, 0.15) is 33.1 Å². The normalized spacial score (nSPS) is 12.7. The lowest BCUT2D eigenvalue weighted by Gasteiger charge is -2.16. The summed E-state index contributed by atoms with van der Waals surface area (Å²) in [4.78, 5) is 0.279. The number of hydrogen-bond donors (Lipinski definition) is 2. The van der Waals surface area contributed by atoms with Crippen molar-refractivity contribution < 1.29 is 8.42 Å². The van der Waals surface area contributed by atoms with Crippen LogP contribution in [0.25, 0.3) is 0 Å². The molecule has 0 radical (unpaired) electrons. The number of anilines is 1. The van der Waals surface area contributed by atoms with E-state index in [2.05, 4.69) is 22.9 Å². The van der Waals surface area contributed by atoms with Gasteiger partial charge in [0.1, 0.15) is 0 Å². The van der Waals surface area contributed by atoms with Crippen molar-refractivity contribution in [1.82, 2.24) is 4.72 Å². The van der Waals surface area contributed by atoms with Crippen molar-refractivity contribution in [2.24, 2.45) is 0 Å². The molecule has 1 atom stereocenters. The van der Waals surface area contributed by atoms with Crippen LogP contribution < -0.4 is 10.0 Å². The molecule has 0 saturated heterocycles. The lowest BCUT2D eigenvalue weighted by molar-refractivity contribution is 0.581. The van der Waals surface area contributed by atoms with Gasteiger partial charge in [-0.2, -0.15) is 0 Å². The van der Waals surface area contributed by atoms with Crippen molar-refractivity contribution in [3.05, 3.63) is 24.3 Å². The van der Waals surface area contributed by atoms with Crippen LogP contribution >= 0.6 is 0 Å². The minimum Gasteiger partial charge on any atom is -0.381 e. The number of rotatable bonds is 8. The van der Waals surface area contributed by atoms with Gasteiger partial charge < -0.3 is 5.32 Å². The summed E-state index contributed by atoms with van der Waals surface area (Å²) < 4.78 is 26.4. The molecule has 2 N–H and O–H groups in total. The Hall–Kier alpha value is -1.51. The zero-order chi connectivity index (χ0) is 15.0. The van der Waals surface area contributed by atoms with E-state index < -0.39 is 10.0 Å². The van der Waals surface area contributed by atoms with Gasteiger partial charge in [-0.25, -0.2) is 13.1 Å². The maximum Gasteiger partial charge on any atom is 0.240 e. The summed E-state index contributed by atoms with van der Waals surface area (Å²) >= 11 is 0. The Kier molecular flexibility index (Phi) is 6.56. The summed E-state index contributed by atoms with van der Waals surface area (Å²) in [5.74, 6) is 2.63. The Bertz CT molecular complexity index is 544. The second-order valence-electron chi connectivity index (χ2n) is 4.58. The summed E-state index contributed by atoms with van der Waals surface area (Å²) in [5, 5.41) is 3.29. The Labute approximate surface area is 122 Å². The van der Waals surface area contributed by atoms with Crippen LogP contribution in [-0.2, 0) is 10.0 Å². The van der Waals surface area contributed by atoms with Crippen LogP contribution in [0, 0.1) is 12.3 Å². The fraction of sp³-hybridized carbons (Fsp3) is 0.467. The smallest absolute Gasteiger partial charge is 0.240 e. The Morgan fingerprint density at radius 1 is 1.25 bits per heavy atom. The largest absolute Gasteiger partial charge is 0.381 e. The molecule has 0 amide bonds. The predicted octanol–water partition coefficient (Wildman–Crippen LogP) is 2.59. The van der Waals surface area contributed by atoms with Crippen LogP contribution in [0.5, 0.6) is 0 Å². The minimum absolute atomic E-state index is 0.209. The Morgan fingerprint density at radius 2 is 1.90 bits per heavy atom. The van der Waals surface area contributed by atoms with E-state index in [4.69, 9.17) is 6.42 Å². The van der Waals surface area contributed by atoms with Crippen LogP contribution in [0.3, 0.4) is 0 Å². The van der Waals surface area contributed by atoms with Crippen molar-refractivity contribution in [1.29, 1.82) is 0 Å². The maximum absolute atomic E-state index is 11.9. The van der Waals surface area contributed by atoms with Gasteiger partial charge in [-0.3, -0.25) is 0 Å². The topological polar surface area (TPSA) is 58.2 Å². The molecule has 0 fully saturated rings. The molecule has 0 saturated carbocycles. The van der Waals surface area contributed by atoms with E-state index >= 15 is 0 Å². The van der Waals surface area contributed by atoms with E-state index in [1.807, 2.05) is 6.92 Å². The first-order chi connectivity index (χ1) is 9.53. The highest BCUT2D eigenvalue weighted by Crippen LogP contribution is 2.16. The molecule has 0 aliphatic heterocycles. The zero-order valence-electron chi connectivity index (χ0n) is 12.0. The fourth-order valence-corrected chi connectivity index (χ4v) is 2.86. The molecule has 0 bridgehead atoms. The third-order valence-electron chi connectivity index (χ3n) is 2.93. The minimum atomic E-state index is -3.39. The first-order valence-corrected chi connectivity index (χ1v) is 8.31. The van der Waals surface area contributed by atoms with Crippen molar-refractivity contribution in [3.63, 3.8) is 0 Å². The second kappa shape index (κ2) is 7.93. The molecule has 1 aromatic rings. The first-order valence-electron chi connectivity index (χ1n) is 6.83. The van der Waals surface area contributed by atoms with Gasteiger partial charge in [0.15, 0.2) is 0 Å². The third-order valence-corrected chi connectivity index (χ3v) is 4.41. The van der Waals surface area contributed by atoms with Crippen LogP contribution in [-0.4, -0.2) is 21.0 Å². The second-order valence-corrected chi connectivity index (χ2v) is 6.35. The van der Waals surface area contributed by atoms with Gasteiger partial charge in [-0.05, 0) is 37.1 Å². The van der Waals surface area contributed by atoms with Crippen molar-refractivity contribution in [2.75, 3.05) is 11.9 Å². The van der Waals surface area contributed by atoms with E-state index in [1.165, 1.54) is 0 Å². The van der Waals surface area contributed by atoms with Crippen molar-refractivity contribution in [2.45, 2.75) is 44.0 Å². The molecule has 5 heteroatoms. The SMILES string of the molecule is C#CCC(CC)Nc1ccc(S(=O)(=O)NCCC)cc1. The summed E-state index contributed by atoms with van der Waals surface area (Å²) in [6, 6.07) is 6.94. The van der Waals surface area contributed by atoms with Gasteiger partial charge in [-0.15, -0.1) is 12.3 Å². The summed E-state index contributed by atoms with van der Waals surface area (Å²) in [5.41, 5.74) is 0.876. The van der Waals surface area contributed by atoms with Crippen molar-refractivity contribution >= 4 is 15.7 Å². The van der Waals surface area contributed by atoms with E-state index in [0.29, 0.717) is 13.0 Å². The number of nitrogens with one attached hydrogen (secondary N) is 2. The standard InChI is InChI=1S/C15H22N2O2S/c1-4-7-13(6-3)17-14-8-10-15(11-9-14)20(18,19)16-12-5-2/h1,8-11,13,16-17H,5-7,12H2,2-3H3. The quantitative estimate of drug-likeness (QED) is 0.725. The highest BCUT2D eigenvalue weighted by atomic mass is 32.2. The molecule has 1 unspecified atom stereocenters. The summed E-state index contributed by atoms with van der Waals surface area (Å²) in [7, 11) is -3.39. The number of sulfonamides is 1. The molecule has 0 spiro atoms. The highest BCUT2D eigenvalue weighted by Gasteiger charge is 2.13. The zero-order valence-corrected chi connectivity index (χ0v) is 12.8. The van der Waals surface area contributed by atoms with Gasteiger partial charge >= 0.3 is 0 Å². The summed E-state index contributed by atoms with van der Waals surface area (Å²) in [6.07, 6.45) is 7.64. The fourth-order valence-electron chi connectivity index (χ4n) is 1.73. The molecule has 110 valence electrons. The molecule has 0 heterocycles.